The first-order valence-corrected chi connectivity index (χ1v) is 10.6. The third kappa shape index (κ3) is 5.24. The highest BCUT2D eigenvalue weighted by molar-refractivity contribution is 6.06. The Hall–Kier alpha value is -3.87. The lowest BCUT2D eigenvalue weighted by Crippen LogP contribution is -2.24. The highest BCUT2D eigenvalue weighted by Crippen LogP contribution is 2.32. The molecule has 164 valence electrons. The standard InChI is InChI=1S/C25H25FN4O2/c1-17-5-4-6-18(15-17)24(31)27-21-11-12-23(30-13-2-3-14-30)22(16-21)29-25(32)28-20-9-7-19(26)8-10-20/h4-12,15-16H,2-3,13-14H2,1H3,(H,27,31)(H2,28,29,32). The third-order valence-corrected chi connectivity index (χ3v) is 5.33. The molecule has 1 aliphatic rings. The molecular weight excluding hydrogens is 407 g/mol. The van der Waals surface area contributed by atoms with Gasteiger partial charge in [-0.05, 0) is 74.4 Å². The molecule has 0 radical (unpaired) electrons. The Bertz CT molecular complexity index is 1130. The number of carbonyl (C=O) groups excluding carboxylic acids is 2. The molecule has 1 fully saturated rings. The van der Waals surface area contributed by atoms with E-state index in [0.29, 0.717) is 22.6 Å². The van der Waals surface area contributed by atoms with Gasteiger partial charge in [-0.1, -0.05) is 17.7 Å². The van der Waals surface area contributed by atoms with E-state index in [0.717, 1.165) is 37.2 Å². The number of amides is 3. The SMILES string of the molecule is Cc1cccc(C(=O)Nc2ccc(N3CCCC3)c(NC(=O)Nc3ccc(F)cc3)c2)c1. The van der Waals surface area contributed by atoms with Gasteiger partial charge in [-0.3, -0.25) is 4.79 Å². The van der Waals surface area contributed by atoms with Crippen LogP contribution < -0.4 is 20.9 Å². The fraction of sp³-hybridized carbons (Fsp3) is 0.200. The average Bonchev–Trinajstić information content (AvgIpc) is 3.30. The summed E-state index contributed by atoms with van der Waals surface area (Å²) in [6, 6.07) is 18.0. The maximum absolute atomic E-state index is 13.1. The van der Waals surface area contributed by atoms with Crippen LogP contribution >= 0.6 is 0 Å². The van der Waals surface area contributed by atoms with Crippen LogP contribution in [0.1, 0.15) is 28.8 Å². The topological polar surface area (TPSA) is 73.5 Å². The quantitative estimate of drug-likeness (QED) is 0.489. The highest BCUT2D eigenvalue weighted by atomic mass is 19.1. The van der Waals surface area contributed by atoms with Gasteiger partial charge in [0.15, 0.2) is 0 Å². The number of nitrogens with zero attached hydrogens (tertiary/aromatic N) is 1. The zero-order chi connectivity index (χ0) is 22.5. The molecule has 3 aromatic carbocycles. The molecule has 4 rings (SSSR count). The van der Waals surface area contributed by atoms with Crippen LogP contribution in [0.5, 0.6) is 0 Å². The van der Waals surface area contributed by atoms with Crippen LogP contribution in [0.4, 0.5) is 31.9 Å². The molecule has 0 saturated carbocycles. The van der Waals surface area contributed by atoms with E-state index in [4.69, 9.17) is 0 Å². The maximum Gasteiger partial charge on any atom is 0.323 e. The van der Waals surface area contributed by atoms with Gasteiger partial charge in [0.25, 0.3) is 5.91 Å². The van der Waals surface area contributed by atoms with Gasteiger partial charge >= 0.3 is 6.03 Å². The number of rotatable bonds is 5. The molecule has 0 atom stereocenters. The van der Waals surface area contributed by atoms with Crippen LogP contribution in [0.15, 0.2) is 66.7 Å². The summed E-state index contributed by atoms with van der Waals surface area (Å²) in [7, 11) is 0. The largest absolute Gasteiger partial charge is 0.370 e. The first-order chi connectivity index (χ1) is 15.5. The summed E-state index contributed by atoms with van der Waals surface area (Å²) >= 11 is 0. The Morgan fingerprint density at radius 3 is 2.28 bits per heavy atom. The van der Waals surface area contributed by atoms with Crippen molar-refractivity contribution in [2.24, 2.45) is 0 Å². The van der Waals surface area contributed by atoms with Crippen molar-refractivity contribution in [2.75, 3.05) is 33.9 Å². The van der Waals surface area contributed by atoms with Crippen molar-refractivity contribution in [3.05, 3.63) is 83.7 Å². The van der Waals surface area contributed by atoms with Crippen LogP contribution in [0, 0.1) is 12.7 Å². The minimum absolute atomic E-state index is 0.218. The van der Waals surface area contributed by atoms with Crippen molar-refractivity contribution in [3.63, 3.8) is 0 Å². The molecule has 0 spiro atoms. The fourth-order valence-corrected chi connectivity index (χ4v) is 3.76. The highest BCUT2D eigenvalue weighted by Gasteiger charge is 2.18. The number of urea groups is 1. The minimum atomic E-state index is -0.445. The number of hydrogen-bond acceptors (Lipinski definition) is 3. The van der Waals surface area contributed by atoms with E-state index < -0.39 is 6.03 Å². The van der Waals surface area contributed by atoms with E-state index in [2.05, 4.69) is 20.9 Å². The Morgan fingerprint density at radius 2 is 1.56 bits per heavy atom. The summed E-state index contributed by atoms with van der Waals surface area (Å²) in [5.74, 6) is -0.589. The van der Waals surface area contributed by atoms with Crippen molar-refractivity contribution in [3.8, 4) is 0 Å². The Kier molecular flexibility index (Phi) is 6.35. The summed E-state index contributed by atoms with van der Waals surface area (Å²) < 4.78 is 13.1. The van der Waals surface area contributed by atoms with Gasteiger partial charge in [0.2, 0.25) is 0 Å². The van der Waals surface area contributed by atoms with Crippen LogP contribution in [0.3, 0.4) is 0 Å². The summed E-state index contributed by atoms with van der Waals surface area (Å²) in [6.07, 6.45) is 2.18. The molecule has 0 unspecified atom stereocenters. The molecule has 3 aromatic rings. The summed E-state index contributed by atoms with van der Waals surface area (Å²) in [5, 5.41) is 8.48. The zero-order valence-corrected chi connectivity index (χ0v) is 17.8. The number of aryl methyl sites for hydroxylation is 1. The fourth-order valence-electron chi connectivity index (χ4n) is 3.76. The first-order valence-electron chi connectivity index (χ1n) is 10.6. The van der Waals surface area contributed by atoms with Crippen molar-refractivity contribution >= 4 is 34.7 Å². The van der Waals surface area contributed by atoms with E-state index in [-0.39, 0.29) is 11.7 Å². The van der Waals surface area contributed by atoms with Crippen LogP contribution in [0.25, 0.3) is 0 Å². The van der Waals surface area contributed by atoms with Gasteiger partial charge in [-0.2, -0.15) is 0 Å². The normalized spacial score (nSPS) is 13.0. The smallest absolute Gasteiger partial charge is 0.323 e. The van der Waals surface area contributed by atoms with Crippen LogP contribution in [-0.2, 0) is 0 Å². The molecule has 7 heteroatoms. The lowest BCUT2D eigenvalue weighted by Gasteiger charge is -2.22. The van der Waals surface area contributed by atoms with Crippen molar-refractivity contribution < 1.29 is 14.0 Å². The van der Waals surface area contributed by atoms with E-state index in [1.807, 2.05) is 37.3 Å². The van der Waals surface area contributed by atoms with Crippen molar-refractivity contribution in [1.82, 2.24) is 0 Å². The van der Waals surface area contributed by atoms with Gasteiger partial charge in [0.1, 0.15) is 5.82 Å². The Labute approximate surface area is 186 Å². The monoisotopic (exact) mass is 432 g/mol. The van der Waals surface area contributed by atoms with E-state index in [1.54, 1.807) is 12.1 Å². The molecule has 3 N–H and O–H groups in total. The Balaban J connectivity index is 1.54. The second-order valence-electron chi connectivity index (χ2n) is 7.84. The average molecular weight is 432 g/mol. The van der Waals surface area contributed by atoms with Gasteiger partial charge in [0.05, 0.1) is 11.4 Å². The first kappa shape index (κ1) is 21.4. The van der Waals surface area contributed by atoms with Gasteiger partial charge in [-0.15, -0.1) is 0 Å². The lowest BCUT2D eigenvalue weighted by molar-refractivity contribution is 0.102. The predicted octanol–water partition coefficient (Wildman–Crippen LogP) is 5.63. The predicted molar refractivity (Wildman–Crippen MR) is 126 cm³/mol. The van der Waals surface area contributed by atoms with Gasteiger partial charge in [0, 0.05) is 30.0 Å². The van der Waals surface area contributed by atoms with Crippen LogP contribution in [-0.4, -0.2) is 25.0 Å². The summed E-state index contributed by atoms with van der Waals surface area (Å²) in [5.41, 5.74) is 4.12. The number of benzene rings is 3. The molecule has 1 heterocycles. The second kappa shape index (κ2) is 9.51. The molecule has 6 nitrogen and oxygen atoms in total. The number of anilines is 4. The molecule has 32 heavy (non-hydrogen) atoms. The maximum atomic E-state index is 13.1. The van der Waals surface area contributed by atoms with E-state index in [9.17, 15) is 14.0 Å². The number of nitrogens with one attached hydrogen (secondary N) is 3. The lowest BCUT2D eigenvalue weighted by atomic mass is 10.1. The van der Waals surface area contributed by atoms with Crippen molar-refractivity contribution in [1.29, 1.82) is 0 Å². The molecule has 3 amide bonds. The number of hydrogen-bond donors (Lipinski definition) is 3. The third-order valence-electron chi connectivity index (χ3n) is 5.33. The minimum Gasteiger partial charge on any atom is -0.370 e. The summed E-state index contributed by atoms with van der Waals surface area (Å²) in [4.78, 5) is 27.5. The van der Waals surface area contributed by atoms with Crippen LogP contribution in [0.2, 0.25) is 0 Å². The number of carbonyl (C=O) groups is 2. The van der Waals surface area contributed by atoms with Crippen molar-refractivity contribution in [2.45, 2.75) is 19.8 Å². The Morgan fingerprint density at radius 1 is 0.844 bits per heavy atom. The molecule has 0 aromatic heterocycles. The molecule has 0 aliphatic carbocycles. The molecule has 1 saturated heterocycles. The number of halogens is 1. The summed E-state index contributed by atoms with van der Waals surface area (Å²) in [6.45, 7) is 3.75. The zero-order valence-electron chi connectivity index (χ0n) is 17.8. The molecule has 1 aliphatic heterocycles. The van der Waals surface area contributed by atoms with Gasteiger partial charge < -0.3 is 20.9 Å². The van der Waals surface area contributed by atoms with E-state index >= 15 is 0 Å². The molecule has 0 bridgehead atoms. The van der Waals surface area contributed by atoms with Gasteiger partial charge in [-0.25, -0.2) is 9.18 Å². The molecular formula is C25H25FN4O2. The van der Waals surface area contributed by atoms with E-state index in [1.165, 1.54) is 24.3 Å². The second-order valence-corrected chi connectivity index (χ2v) is 7.84.